The van der Waals surface area contributed by atoms with Gasteiger partial charge in [-0.25, -0.2) is 0 Å². The van der Waals surface area contributed by atoms with Gasteiger partial charge in [0.05, 0.1) is 27.4 Å². The third-order valence-corrected chi connectivity index (χ3v) is 6.07. The monoisotopic (exact) mass is 620 g/mol. The molecule has 0 aliphatic heterocycles. The van der Waals surface area contributed by atoms with Gasteiger partial charge in [-0.15, -0.1) is 0 Å². The molecule has 10 nitrogen and oxygen atoms in total. The minimum absolute atomic E-state index is 0. The summed E-state index contributed by atoms with van der Waals surface area (Å²) in [6.07, 6.45) is 1.30. The van der Waals surface area contributed by atoms with Crippen LogP contribution in [0.4, 0.5) is 0 Å². The predicted molar refractivity (Wildman–Crippen MR) is 171 cm³/mol. The number of rotatable bonds is 14. The lowest BCUT2D eigenvalue weighted by atomic mass is 10.2. The molecule has 0 radical (unpaired) electrons. The van der Waals surface area contributed by atoms with Gasteiger partial charge in [-0.2, -0.15) is 0 Å². The molecule has 0 atom stereocenters. The van der Waals surface area contributed by atoms with Gasteiger partial charge in [0, 0.05) is 11.1 Å². The van der Waals surface area contributed by atoms with Crippen LogP contribution in [0, 0.1) is 0 Å². The lowest BCUT2D eigenvalue weighted by Crippen LogP contribution is -2.04. The number of hydrogen-bond donors (Lipinski definition) is 2. The van der Waals surface area contributed by atoms with Crippen molar-refractivity contribution in [3.63, 3.8) is 0 Å². The van der Waals surface area contributed by atoms with Crippen LogP contribution in [-0.4, -0.2) is 50.2 Å². The predicted octanol–water partition coefficient (Wildman–Crippen LogP) is 7.02. The van der Waals surface area contributed by atoms with Crippen molar-refractivity contribution in [3.8, 4) is 46.0 Å². The van der Waals surface area contributed by atoms with Crippen LogP contribution < -0.4 is 28.4 Å². The first kappa shape index (κ1) is 35.8. The second-order valence-electron chi connectivity index (χ2n) is 9.11. The Morgan fingerprint density at radius 3 is 1.31 bits per heavy atom. The Labute approximate surface area is 263 Å². The van der Waals surface area contributed by atoms with E-state index in [-0.39, 0.29) is 36.8 Å². The molecule has 0 fully saturated rings. The Morgan fingerprint density at radius 1 is 0.578 bits per heavy atom. The Balaban J connectivity index is 0.000000311. The molecule has 4 rings (SSSR count). The fourth-order valence-corrected chi connectivity index (χ4v) is 3.92. The van der Waals surface area contributed by atoms with Crippen molar-refractivity contribution in [2.24, 2.45) is 0 Å². The van der Waals surface area contributed by atoms with Gasteiger partial charge in [-0.05, 0) is 73.5 Å². The SMILES string of the molecule is C.CCOc1cc(C=O)cc(OCC)c1OCc1ccc(OC)cc1.COc1ccc(COc2c(O)cc(C=O)cc2O)cc1. The molecular weight excluding hydrogens is 580 g/mol. The summed E-state index contributed by atoms with van der Waals surface area (Å²) in [6.45, 7) is 5.21. The van der Waals surface area contributed by atoms with E-state index in [4.69, 9.17) is 28.4 Å². The summed E-state index contributed by atoms with van der Waals surface area (Å²) in [7, 11) is 3.21. The number of aldehydes is 2. The van der Waals surface area contributed by atoms with Gasteiger partial charge in [-0.3, -0.25) is 9.59 Å². The van der Waals surface area contributed by atoms with E-state index in [9.17, 15) is 19.8 Å². The zero-order chi connectivity index (χ0) is 31.9. The van der Waals surface area contributed by atoms with Gasteiger partial charge in [0.1, 0.15) is 37.3 Å². The molecule has 45 heavy (non-hydrogen) atoms. The minimum atomic E-state index is -0.277. The number of aromatic hydroxyl groups is 2. The largest absolute Gasteiger partial charge is 0.504 e. The molecule has 0 bridgehead atoms. The Kier molecular flexibility index (Phi) is 14.6. The summed E-state index contributed by atoms with van der Waals surface area (Å²) >= 11 is 0. The normalized spacial score (nSPS) is 9.87. The van der Waals surface area contributed by atoms with Gasteiger partial charge < -0.3 is 38.6 Å². The van der Waals surface area contributed by atoms with Gasteiger partial charge in [0.25, 0.3) is 0 Å². The van der Waals surface area contributed by atoms with Crippen molar-refractivity contribution in [3.05, 3.63) is 95.1 Å². The van der Waals surface area contributed by atoms with Crippen LogP contribution in [-0.2, 0) is 13.2 Å². The van der Waals surface area contributed by atoms with Gasteiger partial charge >= 0.3 is 0 Å². The smallest absolute Gasteiger partial charge is 0.203 e. The molecule has 0 heterocycles. The minimum Gasteiger partial charge on any atom is -0.504 e. The van der Waals surface area contributed by atoms with Crippen LogP contribution in [0.25, 0.3) is 0 Å². The fraction of sp³-hybridized carbons (Fsp3) is 0.257. The first-order valence-corrected chi connectivity index (χ1v) is 13.8. The highest BCUT2D eigenvalue weighted by Gasteiger charge is 2.16. The summed E-state index contributed by atoms with van der Waals surface area (Å²) in [6, 6.07) is 20.6. The molecule has 0 spiro atoms. The molecular formula is C35H40O10. The molecule has 0 saturated heterocycles. The third-order valence-electron chi connectivity index (χ3n) is 6.07. The van der Waals surface area contributed by atoms with Crippen molar-refractivity contribution in [2.45, 2.75) is 34.5 Å². The first-order chi connectivity index (χ1) is 21.3. The van der Waals surface area contributed by atoms with Gasteiger partial charge in [0.15, 0.2) is 23.0 Å². The highest BCUT2D eigenvalue weighted by molar-refractivity contribution is 5.79. The van der Waals surface area contributed by atoms with Crippen LogP contribution in [0.2, 0.25) is 0 Å². The Morgan fingerprint density at radius 2 is 0.956 bits per heavy atom. The van der Waals surface area contributed by atoms with Crippen molar-refractivity contribution in [1.29, 1.82) is 0 Å². The Hall–Kier alpha value is -5.38. The molecule has 0 amide bonds. The van der Waals surface area contributed by atoms with E-state index in [1.54, 1.807) is 38.5 Å². The van der Waals surface area contributed by atoms with Crippen LogP contribution in [0.3, 0.4) is 0 Å². The molecule has 2 N–H and O–H groups in total. The van der Waals surface area contributed by atoms with Crippen LogP contribution in [0.15, 0.2) is 72.8 Å². The lowest BCUT2D eigenvalue weighted by molar-refractivity contribution is 0.111. The number of carbonyl (C=O) groups excluding carboxylic acids is 2. The van der Waals surface area contributed by atoms with Crippen molar-refractivity contribution in [2.75, 3.05) is 27.4 Å². The summed E-state index contributed by atoms with van der Waals surface area (Å²) in [5.41, 5.74) is 2.50. The van der Waals surface area contributed by atoms with Gasteiger partial charge in [0.2, 0.25) is 11.5 Å². The zero-order valence-electron chi connectivity index (χ0n) is 25.1. The topological polar surface area (TPSA) is 130 Å². The van der Waals surface area contributed by atoms with E-state index >= 15 is 0 Å². The number of benzene rings is 4. The van der Waals surface area contributed by atoms with Crippen molar-refractivity contribution in [1.82, 2.24) is 0 Å². The first-order valence-electron chi connectivity index (χ1n) is 13.8. The second kappa shape index (κ2) is 18.3. The maximum Gasteiger partial charge on any atom is 0.203 e. The summed E-state index contributed by atoms with van der Waals surface area (Å²) in [5.74, 6) is 2.42. The van der Waals surface area contributed by atoms with E-state index in [0.717, 1.165) is 28.9 Å². The molecule has 0 saturated carbocycles. The number of hydrogen-bond acceptors (Lipinski definition) is 10. The Bertz CT molecular complexity index is 1450. The quantitative estimate of drug-likeness (QED) is 0.142. The average Bonchev–Trinajstić information content (AvgIpc) is 3.04. The van der Waals surface area contributed by atoms with Crippen LogP contribution in [0.5, 0.6) is 46.0 Å². The van der Waals surface area contributed by atoms with E-state index in [2.05, 4.69) is 0 Å². The molecule has 240 valence electrons. The van der Waals surface area contributed by atoms with E-state index < -0.39 is 0 Å². The maximum absolute atomic E-state index is 11.1. The lowest BCUT2D eigenvalue weighted by Gasteiger charge is -2.17. The summed E-state index contributed by atoms with van der Waals surface area (Å²) < 4.78 is 32.7. The van der Waals surface area contributed by atoms with Crippen molar-refractivity contribution < 1.29 is 48.2 Å². The average molecular weight is 621 g/mol. The van der Waals surface area contributed by atoms with E-state index in [1.807, 2.05) is 50.2 Å². The second-order valence-corrected chi connectivity index (χ2v) is 9.11. The number of methoxy groups -OCH3 is 2. The number of carbonyl (C=O) groups is 2. The number of ether oxygens (including phenoxy) is 6. The molecule has 10 heteroatoms. The molecule has 0 aliphatic carbocycles. The maximum atomic E-state index is 11.1. The molecule has 4 aromatic carbocycles. The molecule has 4 aromatic rings. The number of phenols is 2. The van der Waals surface area contributed by atoms with Crippen LogP contribution in [0.1, 0.15) is 53.1 Å². The summed E-state index contributed by atoms with van der Waals surface area (Å²) in [4.78, 5) is 21.7. The molecule has 0 unspecified atom stereocenters. The standard InChI is InChI=1S/C19H22O5.C15H14O5.CH4/c1-4-22-17-10-15(12-20)11-18(23-5-2)19(17)24-13-14-6-8-16(21-3)9-7-14;1-19-12-4-2-10(3-5-12)9-20-15-13(17)6-11(8-16)7-14(15)18;/h6-12H,4-5,13H2,1-3H3;2-8,17-18H,9H2,1H3;1H4. The van der Waals surface area contributed by atoms with Crippen LogP contribution >= 0.6 is 0 Å². The highest BCUT2D eigenvalue weighted by atomic mass is 16.5. The van der Waals surface area contributed by atoms with Gasteiger partial charge in [-0.1, -0.05) is 31.7 Å². The van der Waals surface area contributed by atoms with E-state index in [0.29, 0.717) is 48.9 Å². The highest BCUT2D eigenvalue weighted by Crippen LogP contribution is 2.39. The number of phenolic OH excluding ortho intramolecular Hbond substituents is 2. The zero-order valence-corrected chi connectivity index (χ0v) is 25.1. The van der Waals surface area contributed by atoms with E-state index in [1.165, 1.54) is 12.1 Å². The fourth-order valence-electron chi connectivity index (χ4n) is 3.92. The molecule has 0 aliphatic rings. The molecule has 0 aromatic heterocycles. The van der Waals surface area contributed by atoms with Crippen molar-refractivity contribution >= 4 is 12.6 Å². The summed E-state index contributed by atoms with van der Waals surface area (Å²) in [5, 5.41) is 19.4. The third kappa shape index (κ3) is 10.4.